The van der Waals surface area contributed by atoms with E-state index in [1.165, 1.54) is 10.9 Å². The van der Waals surface area contributed by atoms with Gasteiger partial charge in [0, 0.05) is 43.2 Å². The lowest BCUT2D eigenvalue weighted by atomic mass is 10.1. The van der Waals surface area contributed by atoms with Crippen LogP contribution in [-0.4, -0.2) is 54.7 Å². The van der Waals surface area contributed by atoms with Crippen LogP contribution in [0.4, 0.5) is 5.69 Å². The van der Waals surface area contributed by atoms with Crippen LogP contribution in [0.1, 0.15) is 30.3 Å². The minimum absolute atomic E-state index is 0. The third-order valence-corrected chi connectivity index (χ3v) is 5.91. The van der Waals surface area contributed by atoms with Crippen LogP contribution in [0.15, 0.2) is 46.8 Å². The van der Waals surface area contributed by atoms with Crippen LogP contribution < -0.4 is 10.6 Å². The Labute approximate surface area is 204 Å². The molecule has 0 bridgehead atoms. The quantitative estimate of drug-likeness (QED) is 0.168. The summed E-state index contributed by atoms with van der Waals surface area (Å²) in [5.74, 6) is 0.701. The maximum atomic E-state index is 11.0. The number of guanidine groups is 1. The van der Waals surface area contributed by atoms with Gasteiger partial charge in [-0.05, 0) is 30.9 Å². The number of aliphatic imine (C=N–C) groups is 1. The Morgan fingerprint density at radius 1 is 1.39 bits per heavy atom. The molecule has 0 saturated carbocycles. The van der Waals surface area contributed by atoms with Gasteiger partial charge in [-0.3, -0.25) is 15.0 Å². The van der Waals surface area contributed by atoms with Crippen LogP contribution in [0, 0.1) is 10.1 Å². The Hall–Kier alpha value is -1.76. The van der Waals surface area contributed by atoms with Gasteiger partial charge < -0.3 is 15.4 Å². The molecule has 2 atom stereocenters. The van der Waals surface area contributed by atoms with Gasteiger partial charge in [0.15, 0.2) is 5.96 Å². The first kappa shape index (κ1) is 25.5. The van der Waals surface area contributed by atoms with Crippen molar-refractivity contribution >= 4 is 47.0 Å². The number of hydrogen-bond acceptors (Lipinski definition) is 6. The van der Waals surface area contributed by atoms with Gasteiger partial charge in [-0.25, -0.2) is 4.99 Å². The summed E-state index contributed by atoms with van der Waals surface area (Å²) in [5.41, 5.74) is 0.887. The summed E-state index contributed by atoms with van der Waals surface area (Å²) in [5, 5.41) is 19.8. The third kappa shape index (κ3) is 7.70. The molecule has 1 fully saturated rings. The van der Waals surface area contributed by atoms with Crippen molar-refractivity contribution < 1.29 is 9.66 Å². The van der Waals surface area contributed by atoms with E-state index in [1.54, 1.807) is 23.5 Å². The second-order valence-electron chi connectivity index (χ2n) is 7.21. The summed E-state index contributed by atoms with van der Waals surface area (Å²) < 4.78 is 5.71. The Morgan fingerprint density at radius 2 is 2.23 bits per heavy atom. The molecule has 10 heteroatoms. The molecule has 8 nitrogen and oxygen atoms in total. The Bertz CT molecular complexity index is 849. The van der Waals surface area contributed by atoms with Crippen LogP contribution in [-0.2, 0) is 11.3 Å². The molecule has 1 aromatic heterocycles. The number of nitrogens with one attached hydrogen (secondary N) is 2. The number of thiophene rings is 1. The smallest absolute Gasteiger partial charge is 0.269 e. The number of nitrogens with zero attached hydrogens (tertiary/aromatic N) is 3. The predicted molar refractivity (Wildman–Crippen MR) is 135 cm³/mol. The second-order valence-corrected chi connectivity index (χ2v) is 8.19. The van der Waals surface area contributed by atoms with E-state index in [4.69, 9.17) is 4.74 Å². The van der Waals surface area contributed by atoms with Crippen molar-refractivity contribution in [2.45, 2.75) is 32.5 Å². The average Bonchev–Trinajstić information content (AvgIpc) is 3.27. The summed E-state index contributed by atoms with van der Waals surface area (Å²) in [6, 6.07) is 11.1. The standard InChI is InChI=1S/C21H29N5O3S.HI/c1-3-22-21(23-13-17-6-4-7-18(12-17)26(27)28)24-14-19(20-8-5-11-30-20)25-9-10-29-16(2)15-25;/h4-8,11-12,16,19H,3,9-10,13-15H2,1-2H3,(H2,22,23,24);1H. The number of nitro benzene ring substituents is 1. The summed E-state index contributed by atoms with van der Waals surface area (Å²) in [6.07, 6.45) is 0.219. The molecule has 3 rings (SSSR count). The van der Waals surface area contributed by atoms with Crippen LogP contribution >= 0.6 is 35.3 Å². The van der Waals surface area contributed by atoms with Gasteiger partial charge >= 0.3 is 0 Å². The molecule has 2 heterocycles. The lowest BCUT2D eigenvalue weighted by Gasteiger charge is -2.37. The van der Waals surface area contributed by atoms with E-state index in [0.29, 0.717) is 19.0 Å². The van der Waals surface area contributed by atoms with Gasteiger partial charge in [-0.15, -0.1) is 35.3 Å². The molecular formula is C21H30IN5O3S. The molecule has 1 saturated heterocycles. The van der Waals surface area contributed by atoms with Crippen LogP contribution in [0.2, 0.25) is 0 Å². The molecule has 2 N–H and O–H groups in total. The molecule has 0 aliphatic carbocycles. The van der Waals surface area contributed by atoms with Crippen molar-refractivity contribution in [1.82, 2.24) is 15.5 Å². The topological polar surface area (TPSA) is 92.0 Å². The van der Waals surface area contributed by atoms with Gasteiger partial charge in [-0.1, -0.05) is 18.2 Å². The number of rotatable bonds is 8. The van der Waals surface area contributed by atoms with Crippen LogP contribution in [0.25, 0.3) is 0 Å². The summed E-state index contributed by atoms with van der Waals surface area (Å²) in [6.45, 7) is 8.48. The number of benzene rings is 1. The fourth-order valence-electron chi connectivity index (χ4n) is 3.49. The number of halogens is 1. The second kappa shape index (κ2) is 12.9. The summed E-state index contributed by atoms with van der Waals surface area (Å²) in [7, 11) is 0. The van der Waals surface area contributed by atoms with Gasteiger partial charge in [0.25, 0.3) is 5.69 Å². The SMILES string of the molecule is CCNC(=NCc1cccc([N+](=O)[O-])c1)NCC(c1cccs1)N1CCOC(C)C1.I. The largest absolute Gasteiger partial charge is 0.376 e. The highest BCUT2D eigenvalue weighted by Crippen LogP contribution is 2.26. The fourth-order valence-corrected chi connectivity index (χ4v) is 4.35. The maximum absolute atomic E-state index is 11.0. The maximum Gasteiger partial charge on any atom is 0.269 e. The lowest BCUT2D eigenvalue weighted by Crippen LogP contribution is -2.48. The molecule has 0 spiro atoms. The molecule has 31 heavy (non-hydrogen) atoms. The molecule has 0 amide bonds. The third-order valence-electron chi connectivity index (χ3n) is 4.93. The number of non-ortho nitro benzene ring substituents is 1. The molecule has 1 aliphatic heterocycles. The highest BCUT2D eigenvalue weighted by molar-refractivity contribution is 14.0. The number of morpholine rings is 1. The van der Waals surface area contributed by atoms with Crippen molar-refractivity contribution in [1.29, 1.82) is 0 Å². The van der Waals surface area contributed by atoms with E-state index in [1.807, 2.05) is 13.0 Å². The van der Waals surface area contributed by atoms with Crippen LogP contribution in [0.3, 0.4) is 0 Å². The van der Waals surface area contributed by atoms with Gasteiger partial charge in [0.1, 0.15) is 0 Å². The van der Waals surface area contributed by atoms with Crippen molar-refractivity contribution in [2.75, 3.05) is 32.8 Å². The fraction of sp³-hybridized carbons (Fsp3) is 0.476. The van der Waals surface area contributed by atoms with Gasteiger partial charge in [-0.2, -0.15) is 0 Å². The summed E-state index contributed by atoms with van der Waals surface area (Å²) >= 11 is 1.76. The monoisotopic (exact) mass is 559 g/mol. The molecule has 1 aromatic carbocycles. The van der Waals surface area contributed by atoms with Gasteiger partial charge in [0.2, 0.25) is 0 Å². The predicted octanol–water partition coefficient (Wildman–Crippen LogP) is 3.79. The minimum atomic E-state index is -0.383. The first-order valence-corrected chi connectivity index (χ1v) is 11.1. The molecule has 170 valence electrons. The number of ether oxygens (including phenoxy) is 1. The molecule has 2 aromatic rings. The van der Waals surface area contributed by atoms with E-state index in [-0.39, 0.29) is 46.7 Å². The summed E-state index contributed by atoms with van der Waals surface area (Å²) in [4.78, 5) is 19.0. The molecular weight excluding hydrogens is 529 g/mol. The van der Waals surface area contributed by atoms with Crippen molar-refractivity contribution in [3.8, 4) is 0 Å². The molecule has 1 aliphatic rings. The molecule has 2 unspecified atom stereocenters. The normalized spacial score (nSPS) is 18.1. The van der Waals surface area contributed by atoms with Crippen LogP contribution in [0.5, 0.6) is 0 Å². The minimum Gasteiger partial charge on any atom is -0.376 e. The highest BCUT2D eigenvalue weighted by atomic mass is 127. The number of hydrogen-bond donors (Lipinski definition) is 2. The highest BCUT2D eigenvalue weighted by Gasteiger charge is 2.26. The zero-order valence-corrected chi connectivity index (χ0v) is 21.0. The Balaban J connectivity index is 0.00000341. The van der Waals surface area contributed by atoms with E-state index in [2.05, 4.69) is 45.0 Å². The molecule has 0 radical (unpaired) electrons. The zero-order valence-electron chi connectivity index (χ0n) is 17.8. The van der Waals surface area contributed by atoms with E-state index < -0.39 is 0 Å². The van der Waals surface area contributed by atoms with E-state index in [9.17, 15) is 10.1 Å². The van der Waals surface area contributed by atoms with E-state index >= 15 is 0 Å². The van der Waals surface area contributed by atoms with Gasteiger partial charge in [0.05, 0.1) is 30.2 Å². The average molecular weight is 559 g/mol. The zero-order chi connectivity index (χ0) is 21.3. The Morgan fingerprint density at radius 3 is 2.90 bits per heavy atom. The van der Waals surface area contributed by atoms with Crippen molar-refractivity contribution in [3.05, 3.63) is 62.3 Å². The first-order chi connectivity index (χ1) is 14.6. The lowest BCUT2D eigenvalue weighted by molar-refractivity contribution is -0.384. The Kier molecular flexibility index (Phi) is 10.6. The first-order valence-electron chi connectivity index (χ1n) is 10.2. The van der Waals surface area contributed by atoms with Crippen molar-refractivity contribution in [2.24, 2.45) is 4.99 Å². The van der Waals surface area contributed by atoms with Crippen molar-refractivity contribution in [3.63, 3.8) is 0 Å². The number of nitro groups is 1. The van der Waals surface area contributed by atoms with E-state index in [0.717, 1.165) is 31.8 Å².